The first-order chi connectivity index (χ1) is 7.72. The predicted octanol–water partition coefficient (Wildman–Crippen LogP) is 2.12. The van der Waals surface area contributed by atoms with Crippen molar-refractivity contribution in [1.82, 2.24) is 5.32 Å². The molecule has 0 fully saturated rings. The maximum atomic E-state index is 11.3. The van der Waals surface area contributed by atoms with Crippen LogP contribution < -0.4 is 5.32 Å². The lowest BCUT2D eigenvalue weighted by Gasteiger charge is -1.99. The van der Waals surface area contributed by atoms with Crippen molar-refractivity contribution in [3.63, 3.8) is 0 Å². The number of carbonyl (C=O) groups is 1. The summed E-state index contributed by atoms with van der Waals surface area (Å²) < 4.78 is 4.81. The lowest BCUT2D eigenvalue weighted by molar-refractivity contribution is -0.116. The van der Waals surface area contributed by atoms with Gasteiger partial charge in [0, 0.05) is 24.8 Å². The molecule has 4 heteroatoms. The van der Waals surface area contributed by atoms with Crippen molar-refractivity contribution >= 4 is 23.6 Å². The molecule has 0 saturated carbocycles. The fourth-order valence-electron chi connectivity index (χ4n) is 1.12. The Morgan fingerprint density at radius 2 is 2.38 bits per heavy atom. The van der Waals surface area contributed by atoms with E-state index < -0.39 is 0 Å². The van der Waals surface area contributed by atoms with E-state index in [9.17, 15) is 4.79 Å². The minimum absolute atomic E-state index is 0.142. The van der Waals surface area contributed by atoms with Crippen LogP contribution >= 0.6 is 11.6 Å². The van der Waals surface area contributed by atoms with Gasteiger partial charge in [-0.2, -0.15) is 0 Å². The van der Waals surface area contributed by atoms with Gasteiger partial charge >= 0.3 is 0 Å². The second-order valence-corrected chi connectivity index (χ2v) is 3.61. The summed E-state index contributed by atoms with van der Waals surface area (Å²) >= 11 is 5.81. The highest BCUT2D eigenvalue weighted by molar-refractivity contribution is 6.30. The number of halogens is 1. The number of rotatable bonds is 5. The Balaban J connectivity index is 2.44. The van der Waals surface area contributed by atoms with Crippen LogP contribution in [0.15, 0.2) is 30.3 Å². The molecule has 1 N–H and O–H groups in total. The summed E-state index contributed by atoms with van der Waals surface area (Å²) in [5, 5.41) is 3.34. The maximum absolute atomic E-state index is 11.3. The molecule has 3 nitrogen and oxygen atoms in total. The lowest BCUT2D eigenvalue weighted by atomic mass is 10.2. The third kappa shape index (κ3) is 4.96. The summed E-state index contributed by atoms with van der Waals surface area (Å²) in [5.74, 6) is -0.142. The van der Waals surface area contributed by atoms with Crippen molar-refractivity contribution in [1.29, 1.82) is 0 Å². The van der Waals surface area contributed by atoms with E-state index in [2.05, 4.69) is 5.32 Å². The monoisotopic (exact) mass is 239 g/mol. The topological polar surface area (TPSA) is 38.3 Å². The van der Waals surface area contributed by atoms with Crippen molar-refractivity contribution in [3.8, 4) is 0 Å². The Hall–Kier alpha value is -1.32. The Labute approximate surface area is 100 Å². The van der Waals surface area contributed by atoms with Crippen LogP contribution in [0.3, 0.4) is 0 Å². The second-order valence-electron chi connectivity index (χ2n) is 3.17. The van der Waals surface area contributed by atoms with Gasteiger partial charge in [-0.25, -0.2) is 0 Å². The minimum atomic E-state index is -0.142. The van der Waals surface area contributed by atoms with E-state index in [1.807, 2.05) is 12.1 Å². The summed E-state index contributed by atoms with van der Waals surface area (Å²) in [6.07, 6.45) is 3.19. The number of amides is 1. The normalized spacial score (nSPS) is 10.6. The van der Waals surface area contributed by atoms with Gasteiger partial charge in [0.1, 0.15) is 0 Å². The van der Waals surface area contributed by atoms with Gasteiger partial charge in [-0.3, -0.25) is 4.79 Å². The molecule has 0 aliphatic carbocycles. The summed E-state index contributed by atoms with van der Waals surface area (Å²) in [6.45, 7) is 1.02. The molecule has 0 unspecified atom stereocenters. The second kappa shape index (κ2) is 7.04. The zero-order chi connectivity index (χ0) is 11.8. The number of benzene rings is 1. The van der Waals surface area contributed by atoms with Crippen molar-refractivity contribution in [2.75, 3.05) is 20.3 Å². The molecule has 0 aromatic heterocycles. The van der Waals surface area contributed by atoms with Gasteiger partial charge in [0.25, 0.3) is 0 Å². The fourth-order valence-corrected chi connectivity index (χ4v) is 1.32. The number of carbonyl (C=O) groups excluding carboxylic acids is 1. The molecule has 16 heavy (non-hydrogen) atoms. The van der Waals surface area contributed by atoms with E-state index in [0.717, 1.165) is 5.56 Å². The standard InChI is InChI=1S/C12H14ClNO2/c1-16-8-7-14-12(15)6-5-10-3-2-4-11(13)9-10/h2-6,9H,7-8H2,1H3,(H,14,15)/b6-5+. The van der Waals surface area contributed by atoms with Crippen LogP contribution in [-0.2, 0) is 9.53 Å². The van der Waals surface area contributed by atoms with Crippen LogP contribution in [0.5, 0.6) is 0 Å². The van der Waals surface area contributed by atoms with Gasteiger partial charge in [-0.05, 0) is 23.8 Å². The first kappa shape index (κ1) is 12.7. The van der Waals surface area contributed by atoms with E-state index in [-0.39, 0.29) is 5.91 Å². The quantitative estimate of drug-likeness (QED) is 0.631. The van der Waals surface area contributed by atoms with Gasteiger partial charge < -0.3 is 10.1 Å². The van der Waals surface area contributed by atoms with Crippen molar-refractivity contribution < 1.29 is 9.53 Å². The number of nitrogens with one attached hydrogen (secondary N) is 1. The molecule has 0 aliphatic heterocycles. The molecular weight excluding hydrogens is 226 g/mol. The Bertz CT molecular complexity index is 377. The average molecular weight is 240 g/mol. The highest BCUT2D eigenvalue weighted by atomic mass is 35.5. The Morgan fingerprint density at radius 1 is 1.56 bits per heavy atom. The van der Waals surface area contributed by atoms with Gasteiger partial charge in [-0.1, -0.05) is 23.7 Å². The molecule has 0 saturated heterocycles. The van der Waals surface area contributed by atoms with E-state index in [4.69, 9.17) is 16.3 Å². The molecule has 0 radical (unpaired) electrons. The summed E-state index contributed by atoms with van der Waals surface area (Å²) in [5.41, 5.74) is 0.898. The summed E-state index contributed by atoms with van der Waals surface area (Å²) in [7, 11) is 1.59. The number of hydrogen-bond acceptors (Lipinski definition) is 2. The third-order valence-electron chi connectivity index (χ3n) is 1.88. The Morgan fingerprint density at radius 3 is 3.06 bits per heavy atom. The largest absolute Gasteiger partial charge is 0.383 e. The molecular formula is C12H14ClNO2. The molecule has 0 heterocycles. The van der Waals surface area contributed by atoms with Gasteiger partial charge in [-0.15, -0.1) is 0 Å². The number of ether oxygens (including phenoxy) is 1. The molecule has 0 bridgehead atoms. The van der Waals surface area contributed by atoms with Crippen LogP contribution in [0.4, 0.5) is 0 Å². The molecule has 0 atom stereocenters. The van der Waals surface area contributed by atoms with Crippen LogP contribution in [0.25, 0.3) is 6.08 Å². The minimum Gasteiger partial charge on any atom is -0.383 e. The highest BCUT2D eigenvalue weighted by Crippen LogP contribution is 2.11. The van der Waals surface area contributed by atoms with E-state index in [1.54, 1.807) is 25.3 Å². The first-order valence-corrected chi connectivity index (χ1v) is 5.30. The Kier molecular flexibility index (Phi) is 5.61. The van der Waals surface area contributed by atoms with Gasteiger partial charge in [0.15, 0.2) is 0 Å². The SMILES string of the molecule is COCCNC(=O)/C=C/c1cccc(Cl)c1. The van der Waals surface area contributed by atoms with Crippen molar-refractivity contribution in [2.45, 2.75) is 0 Å². The van der Waals surface area contributed by atoms with Crippen LogP contribution in [0.1, 0.15) is 5.56 Å². The summed E-state index contributed by atoms with van der Waals surface area (Å²) in [6, 6.07) is 7.30. The highest BCUT2D eigenvalue weighted by Gasteiger charge is 1.94. The van der Waals surface area contributed by atoms with E-state index in [0.29, 0.717) is 18.2 Å². The van der Waals surface area contributed by atoms with Crippen LogP contribution in [0, 0.1) is 0 Å². The van der Waals surface area contributed by atoms with Crippen LogP contribution in [-0.4, -0.2) is 26.2 Å². The molecule has 1 aromatic carbocycles. The zero-order valence-corrected chi connectivity index (χ0v) is 9.83. The van der Waals surface area contributed by atoms with Crippen molar-refractivity contribution in [2.24, 2.45) is 0 Å². The smallest absolute Gasteiger partial charge is 0.244 e. The molecule has 1 rings (SSSR count). The van der Waals surface area contributed by atoms with E-state index >= 15 is 0 Å². The first-order valence-electron chi connectivity index (χ1n) is 4.93. The van der Waals surface area contributed by atoms with Gasteiger partial charge in [0.2, 0.25) is 5.91 Å². The number of methoxy groups -OCH3 is 1. The third-order valence-corrected chi connectivity index (χ3v) is 2.12. The zero-order valence-electron chi connectivity index (χ0n) is 9.07. The number of hydrogen-bond donors (Lipinski definition) is 1. The molecule has 1 aromatic rings. The van der Waals surface area contributed by atoms with Crippen LogP contribution in [0.2, 0.25) is 5.02 Å². The van der Waals surface area contributed by atoms with E-state index in [1.165, 1.54) is 6.08 Å². The maximum Gasteiger partial charge on any atom is 0.244 e. The molecule has 0 aliphatic rings. The predicted molar refractivity (Wildman–Crippen MR) is 65.4 cm³/mol. The van der Waals surface area contributed by atoms with Crippen molar-refractivity contribution in [3.05, 3.63) is 40.9 Å². The van der Waals surface area contributed by atoms with Gasteiger partial charge in [0.05, 0.1) is 6.61 Å². The average Bonchev–Trinajstić information content (AvgIpc) is 2.27. The molecule has 1 amide bonds. The molecule has 86 valence electrons. The molecule has 0 spiro atoms. The fraction of sp³-hybridized carbons (Fsp3) is 0.250. The lowest BCUT2D eigenvalue weighted by Crippen LogP contribution is -2.24. The summed E-state index contributed by atoms with van der Waals surface area (Å²) in [4.78, 5) is 11.3.